The maximum absolute atomic E-state index is 14.8. The number of halogens is 1. The Balaban J connectivity index is 0.00000272. The van der Waals surface area contributed by atoms with E-state index in [0.717, 1.165) is 5.56 Å². The fourth-order valence-electron chi connectivity index (χ4n) is 2.90. The van der Waals surface area contributed by atoms with Crippen molar-refractivity contribution in [2.75, 3.05) is 0 Å². The summed E-state index contributed by atoms with van der Waals surface area (Å²) in [4.78, 5) is 16.9. The lowest BCUT2D eigenvalue weighted by Gasteiger charge is -2.10. The van der Waals surface area contributed by atoms with E-state index in [1.54, 1.807) is 36.7 Å². The summed E-state index contributed by atoms with van der Waals surface area (Å²) in [6.07, 6.45) is 7.46. The van der Waals surface area contributed by atoms with E-state index in [4.69, 9.17) is 5.73 Å². The van der Waals surface area contributed by atoms with Crippen LogP contribution in [0.2, 0.25) is 0 Å². The summed E-state index contributed by atoms with van der Waals surface area (Å²) in [5.41, 5.74) is 7.79. The zero-order chi connectivity index (χ0) is 20.9. The minimum absolute atomic E-state index is 0. The molecule has 8 heteroatoms. The zero-order valence-corrected chi connectivity index (χ0v) is 15.7. The largest absolute Gasteiger partial charge is 0.405 e. The number of aromatic amines is 1. The van der Waals surface area contributed by atoms with Crippen molar-refractivity contribution < 1.29 is 4.39 Å². The smallest absolute Gasteiger partial charge is 0.209 e. The number of nitrogens with two attached hydrogens (primary N) is 1. The quantitative estimate of drug-likeness (QED) is 0.480. The molecule has 0 radical (unpaired) electrons. The molecule has 0 saturated heterocycles. The summed E-state index contributed by atoms with van der Waals surface area (Å²) in [6, 6.07) is 15.1. The first kappa shape index (κ1) is 21.4. The molecule has 2 aromatic heterocycles. The molecule has 0 saturated carbocycles. The van der Waals surface area contributed by atoms with Crippen LogP contribution in [0.5, 0.6) is 0 Å². The molecule has 0 aliphatic heterocycles. The topological polar surface area (TPSA) is 102 Å². The van der Waals surface area contributed by atoms with Crippen molar-refractivity contribution >= 4 is 11.4 Å². The van der Waals surface area contributed by atoms with E-state index >= 15 is 0 Å². The van der Waals surface area contributed by atoms with E-state index in [1.807, 2.05) is 18.2 Å². The van der Waals surface area contributed by atoms with Gasteiger partial charge in [-0.3, -0.25) is 9.89 Å². The molecule has 0 bridgehead atoms. The normalized spacial score (nSPS) is 11.5. The van der Waals surface area contributed by atoms with E-state index in [0.29, 0.717) is 11.3 Å². The number of hydrogen-bond donors (Lipinski definition) is 2. The van der Waals surface area contributed by atoms with Crippen LogP contribution in [0.15, 0.2) is 95.3 Å². The number of benzene rings is 2. The van der Waals surface area contributed by atoms with Crippen molar-refractivity contribution in [2.24, 2.45) is 10.7 Å². The third-order valence-corrected chi connectivity index (χ3v) is 4.34. The summed E-state index contributed by atoms with van der Waals surface area (Å²) in [5.74, 6) is -0.494. The van der Waals surface area contributed by atoms with Gasteiger partial charge in [0.2, 0.25) is 5.43 Å². The van der Waals surface area contributed by atoms with E-state index < -0.39 is 5.82 Å². The van der Waals surface area contributed by atoms with Gasteiger partial charge in [0, 0.05) is 24.0 Å². The molecule has 2 heterocycles. The maximum atomic E-state index is 14.8. The maximum Gasteiger partial charge on any atom is 0.209 e. The van der Waals surface area contributed by atoms with Gasteiger partial charge >= 0.3 is 0 Å². The third kappa shape index (κ3) is 4.64. The lowest BCUT2D eigenvalue weighted by molar-refractivity contribution is 0.608. The average Bonchev–Trinajstić information content (AvgIpc) is 3.30. The summed E-state index contributed by atoms with van der Waals surface area (Å²) in [7, 11) is 0. The summed E-state index contributed by atoms with van der Waals surface area (Å²) in [5, 5.41) is 10.9. The Morgan fingerprint density at radius 2 is 1.94 bits per heavy atom. The van der Waals surface area contributed by atoms with Crippen LogP contribution >= 0.6 is 0 Å². The fraction of sp³-hybridized carbons (Fsp3) is 0.0435. The Bertz CT molecular complexity index is 1280. The number of aromatic nitrogens is 4. The predicted octanol–water partition coefficient (Wildman–Crippen LogP) is 3.99. The van der Waals surface area contributed by atoms with Crippen molar-refractivity contribution in [3.05, 3.63) is 107 Å². The Labute approximate surface area is 178 Å². The number of allylic oxidation sites excluding steroid dienone is 1. The zero-order valence-electron chi connectivity index (χ0n) is 15.7. The highest BCUT2D eigenvalue weighted by molar-refractivity contribution is 6.08. The van der Waals surface area contributed by atoms with E-state index in [2.05, 4.69) is 20.3 Å². The Kier molecular flexibility index (Phi) is 6.51. The Morgan fingerprint density at radius 3 is 2.61 bits per heavy atom. The average molecular weight is 416 g/mol. The minimum Gasteiger partial charge on any atom is -0.405 e. The highest BCUT2D eigenvalue weighted by atomic mass is 19.1. The van der Waals surface area contributed by atoms with Crippen LogP contribution in [-0.4, -0.2) is 25.7 Å². The van der Waals surface area contributed by atoms with Gasteiger partial charge in [0.05, 0.1) is 17.6 Å². The number of para-hydroxylation sites is 1. The van der Waals surface area contributed by atoms with Crippen LogP contribution in [0.1, 0.15) is 13.1 Å². The van der Waals surface area contributed by atoms with Crippen molar-refractivity contribution in [1.29, 1.82) is 0 Å². The molecule has 0 aliphatic rings. The molecule has 156 valence electrons. The van der Waals surface area contributed by atoms with Crippen LogP contribution in [0.3, 0.4) is 0 Å². The van der Waals surface area contributed by atoms with Crippen molar-refractivity contribution in [3.63, 3.8) is 0 Å². The SMILES string of the molecule is C.NC=CC(=Nc1ccccc1)c1nn(-c2ccc(-c3cn[nH]c3)cc2F)ccc1=O. The molecule has 3 N–H and O–H groups in total. The second-order valence-electron chi connectivity index (χ2n) is 6.32. The van der Waals surface area contributed by atoms with Gasteiger partial charge in [-0.15, -0.1) is 0 Å². The summed E-state index contributed by atoms with van der Waals surface area (Å²) >= 11 is 0. The second kappa shape index (κ2) is 9.45. The van der Waals surface area contributed by atoms with Crippen LogP contribution < -0.4 is 11.2 Å². The van der Waals surface area contributed by atoms with Crippen molar-refractivity contribution in [3.8, 4) is 16.8 Å². The van der Waals surface area contributed by atoms with Gasteiger partial charge in [0.1, 0.15) is 11.5 Å². The standard InChI is InChI=1S/C22H17FN6O.CH4/c23-18-12-15(16-13-25-26-14-16)6-7-20(18)29-11-9-21(30)22(28-29)19(8-10-24)27-17-4-2-1-3-5-17;/h1-14H,24H2,(H,25,26);1H4. The second-order valence-corrected chi connectivity index (χ2v) is 6.32. The molecule has 4 rings (SSSR count). The first-order valence-corrected chi connectivity index (χ1v) is 9.07. The van der Waals surface area contributed by atoms with E-state index in [1.165, 1.54) is 35.3 Å². The fourth-order valence-corrected chi connectivity index (χ4v) is 2.90. The van der Waals surface area contributed by atoms with Gasteiger partial charge < -0.3 is 5.73 Å². The van der Waals surface area contributed by atoms with Gasteiger partial charge in [-0.25, -0.2) is 14.1 Å². The molecule has 4 aromatic rings. The lowest BCUT2D eigenvalue weighted by atomic mass is 10.1. The summed E-state index contributed by atoms with van der Waals surface area (Å²) < 4.78 is 16.1. The molecule has 0 spiro atoms. The van der Waals surface area contributed by atoms with E-state index in [-0.39, 0.29) is 29.9 Å². The first-order chi connectivity index (χ1) is 14.7. The number of nitrogens with zero attached hydrogens (tertiary/aromatic N) is 4. The molecule has 0 fully saturated rings. The molecular formula is C23H21FN6O. The van der Waals surface area contributed by atoms with Crippen LogP contribution in [0.4, 0.5) is 10.1 Å². The molecular weight excluding hydrogens is 395 g/mol. The minimum atomic E-state index is -0.494. The monoisotopic (exact) mass is 416 g/mol. The highest BCUT2D eigenvalue weighted by Gasteiger charge is 2.13. The van der Waals surface area contributed by atoms with Gasteiger partial charge in [0.25, 0.3) is 0 Å². The van der Waals surface area contributed by atoms with Gasteiger partial charge in [0.15, 0.2) is 5.69 Å². The number of H-pyrrole nitrogens is 1. The van der Waals surface area contributed by atoms with Crippen molar-refractivity contribution in [2.45, 2.75) is 7.43 Å². The first-order valence-electron chi connectivity index (χ1n) is 9.07. The highest BCUT2D eigenvalue weighted by Crippen LogP contribution is 2.22. The van der Waals surface area contributed by atoms with Crippen LogP contribution in [0, 0.1) is 5.82 Å². The number of hydrogen-bond acceptors (Lipinski definition) is 5. The number of aliphatic imine (C=N–C) groups is 1. The Hall–Kier alpha value is -4.33. The molecule has 31 heavy (non-hydrogen) atoms. The van der Waals surface area contributed by atoms with E-state index in [9.17, 15) is 9.18 Å². The van der Waals surface area contributed by atoms with Gasteiger partial charge in [-0.1, -0.05) is 31.7 Å². The third-order valence-electron chi connectivity index (χ3n) is 4.34. The molecule has 7 nitrogen and oxygen atoms in total. The summed E-state index contributed by atoms with van der Waals surface area (Å²) in [6.45, 7) is 0. The van der Waals surface area contributed by atoms with Crippen LogP contribution in [-0.2, 0) is 0 Å². The van der Waals surface area contributed by atoms with Crippen LogP contribution in [0.25, 0.3) is 16.8 Å². The van der Waals surface area contributed by atoms with Gasteiger partial charge in [-0.2, -0.15) is 10.2 Å². The number of nitrogens with one attached hydrogen (secondary N) is 1. The molecule has 0 unspecified atom stereocenters. The number of rotatable bonds is 5. The van der Waals surface area contributed by atoms with Gasteiger partial charge in [-0.05, 0) is 42.1 Å². The van der Waals surface area contributed by atoms with Crippen molar-refractivity contribution in [1.82, 2.24) is 20.0 Å². The predicted molar refractivity (Wildman–Crippen MR) is 120 cm³/mol. The Morgan fingerprint density at radius 1 is 1.13 bits per heavy atom. The lowest BCUT2D eigenvalue weighted by Crippen LogP contribution is -2.20. The molecule has 0 amide bonds. The molecule has 0 atom stereocenters. The molecule has 0 aliphatic carbocycles. The molecule has 2 aromatic carbocycles.